The molecule has 0 fully saturated rings. The Balaban J connectivity index is 1.63. The van der Waals surface area contributed by atoms with Crippen LogP contribution in [0.4, 0.5) is 0 Å². The summed E-state index contributed by atoms with van der Waals surface area (Å²) < 4.78 is 17.5. The number of benzene rings is 2. The number of para-hydroxylation sites is 2. The molecule has 0 aliphatic carbocycles. The van der Waals surface area contributed by atoms with Gasteiger partial charge in [0.1, 0.15) is 12.4 Å². The first kappa shape index (κ1) is 12.0. The van der Waals surface area contributed by atoms with Crippen molar-refractivity contribution in [2.75, 3.05) is 19.0 Å². The highest BCUT2D eigenvalue weighted by molar-refractivity contribution is 7.99. The van der Waals surface area contributed by atoms with Crippen molar-refractivity contribution >= 4 is 11.8 Å². The van der Waals surface area contributed by atoms with Crippen LogP contribution in [-0.2, 0) is 0 Å². The Morgan fingerprint density at radius 2 is 1.85 bits per heavy atom. The largest absolute Gasteiger partial charge is 0.492 e. The molecule has 0 aromatic heterocycles. The number of hydrogen-bond acceptors (Lipinski definition) is 4. The molecular formula is C16H14O3S. The summed E-state index contributed by atoms with van der Waals surface area (Å²) in [4.78, 5) is 1.21. The molecule has 2 aliphatic rings. The van der Waals surface area contributed by atoms with Crippen molar-refractivity contribution in [1.82, 2.24) is 0 Å². The van der Waals surface area contributed by atoms with Gasteiger partial charge in [-0.1, -0.05) is 18.2 Å². The van der Waals surface area contributed by atoms with Gasteiger partial charge < -0.3 is 14.2 Å². The van der Waals surface area contributed by atoms with Crippen LogP contribution in [-0.4, -0.2) is 19.0 Å². The molecule has 2 aromatic carbocycles. The summed E-state index contributed by atoms with van der Waals surface area (Å²) in [6.07, 6.45) is -0.0780. The van der Waals surface area contributed by atoms with Crippen molar-refractivity contribution in [2.24, 2.45) is 0 Å². The number of rotatable bonds is 1. The third-order valence-electron chi connectivity index (χ3n) is 3.45. The minimum Gasteiger partial charge on any atom is -0.492 e. The van der Waals surface area contributed by atoms with Crippen molar-refractivity contribution in [3.63, 3.8) is 0 Å². The van der Waals surface area contributed by atoms with Crippen LogP contribution in [0.3, 0.4) is 0 Å². The van der Waals surface area contributed by atoms with Crippen LogP contribution < -0.4 is 14.2 Å². The highest BCUT2D eigenvalue weighted by Crippen LogP contribution is 2.39. The van der Waals surface area contributed by atoms with Crippen LogP contribution in [0, 0.1) is 0 Å². The summed E-state index contributed by atoms with van der Waals surface area (Å²) in [5, 5.41) is 0. The zero-order chi connectivity index (χ0) is 13.4. The fourth-order valence-corrected chi connectivity index (χ4v) is 3.25. The first-order chi connectivity index (χ1) is 9.90. The van der Waals surface area contributed by atoms with E-state index in [1.807, 2.05) is 36.0 Å². The minimum atomic E-state index is -0.0780. The summed E-state index contributed by atoms with van der Waals surface area (Å²) >= 11 is 1.84. The normalized spacial score (nSPS) is 19.9. The summed E-state index contributed by atoms with van der Waals surface area (Å²) in [5.41, 5.74) is 1.10. The second-order valence-corrected chi connectivity index (χ2v) is 5.90. The second kappa shape index (κ2) is 4.94. The van der Waals surface area contributed by atoms with Crippen molar-refractivity contribution in [2.45, 2.75) is 11.0 Å². The lowest BCUT2D eigenvalue weighted by atomic mass is 10.1. The first-order valence-electron chi connectivity index (χ1n) is 6.68. The van der Waals surface area contributed by atoms with Gasteiger partial charge in [-0.2, -0.15) is 0 Å². The van der Waals surface area contributed by atoms with Gasteiger partial charge in [-0.15, -0.1) is 11.8 Å². The maximum Gasteiger partial charge on any atom is 0.162 e. The molecule has 0 N–H and O–H groups in total. The van der Waals surface area contributed by atoms with Gasteiger partial charge in [0.25, 0.3) is 0 Å². The minimum absolute atomic E-state index is 0.0780. The molecule has 2 aliphatic heterocycles. The second-order valence-electron chi connectivity index (χ2n) is 4.77. The zero-order valence-corrected chi connectivity index (χ0v) is 11.7. The number of fused-ring (bicyclic) bond motifs is 2. The summed E-state index contributed by atoms with van der Waals surface area (Å²) in [7, 11) is 0. The lowest BCUT2D eigenvalue weighted by molar-refractivity contribution is 0.0910. The van der Waals surface area contributed by atoms with E-state index in [0.717, 1.165) is 35.2 Å². The van der Waals surface area contributed by atoms with Crippen LogP contribution in [0.5, 0.6) is 17.2 Å². The van der Waals surface area contributed by atoms with E-state index >= 15 is 0 Å². The van der Waals surface area contributed by atoms with Gasteiger partial charge >= 0.3 is 0 Å². The smallest absolute Gasteiger partial charge is 0.162 e. The molecule has 20 heavy (non-hydrogen) atoms. The third kappa shape index (κ3) is 2.10. The SMILES string of the molecule is c1ccc2c(c1)OCC(c1ccc3c(c1)OCCS3)O2. The van der Waals surface area contributed by atoms with Crippen LogP contribution in [0.2, 0.25) is 0 Å². The molecular weight excluding hydrogens is 272 g/mol. The summed E-state index contributed by atoms with van der Waals surface area (Å²) in [6, 6.07) is 14.1. The van der Waals surface area contributed by atoms with E-state index in [2.05, 4.69) is 18.2 Å². The quantitative estimate of drug-likeness (QED) is 0.799. The molecule has 4 rings (SSSR count). The van der Waals surface area contributed by atoms with Gasteiger partial charge in [-0.25, -0.2) is 0 Å². The molecule has 0 radical (unpaired) electrons. The van der Waals surface area contributed by atoms with Gasteiger partial charge in [-0.05, 0) is 29.8 Å². The number of ether oxygens (including phenoxy) is 3. The van der Waals surface area contributed by atoms with Crippen molar-refractivity contribution < 1.29 is 14.2 Å². The highest BCUT2D eigenvalue weighted by atomic mass is 32.2. The molecule has 0 saturated carbocycles. The van der Waals surface area contributed by atoms with E-state index in [9.17, 15) is 0 Å². The van der Waals surface area contributed by atoms with E-state index in [-0.39, 0.29) is 6.10 Å². The Kier molecular flexibility index (Phi) is 2.96. The number of thioether (sulfide) groups is 1. The Bertz CT molecular complexity index is 641. The Morgan fingerprint density at radius 3 is 2.80 bits per heavy atom. The lowest BCUT2D eigenvalue weighted by Gasteiger charge is -2.27. The molecule has 1 atom stereocenters. The third-order valence-corrected chi connectivity index (χ3v) is 4.47. The van der Waals surface area contributed by atoms with Gasteiger partial charge in [0, 0.05) is 10.6 Å². The fourth-order valence-electron chi connectivity index (χ4n) is 2.44. The van der Waals surface area contributed by atoms with Crippen LogP contribution in [0.1, 0.15) is 11.7 Å². The Hall–Kier alpha value is -1.81. The standard InChI is InChI=1S/C16H14O3S/c1-2-4-13-12(3-1)18-10-15(19-13)11-5-6-16-14(9-11)17-7-8-20-16/h1-6,9,15H,7-8,10H2. The molecule has 2 heterocycles. The van der Waals surface area contributed by atoms with Gasteiger partial charge in [0.2, 0.25) is 0 Å². The van der Waals surface area contributed by atoms with Gasteiger partial charge in [0.05, 0.1) is 6.61 Å². The molecule has 102 valence electrons. The fraction of sp³-hybridized carbons (Fsp3) is 0.250. The molecule has 1 unspecified atom stereocenters. The lowest BCUT2D eigenvalue weighted by Crippen LogP contribution is -2.21. The molecule has 0 spiro atoms. The maximum atomic E-state index is 6.02. The maximum absolute atomic E-state index is 6.02. The van der Waals surface area contributed by atoms with E-state index in [1.54, 1.807) is 0 Å². The molecule has 0 saturated heterocycles. The van der Waals surface area contributed by atoms with E-state index in [0.29, 0.717) is 6.61 Å². The predicted molar refractivity (Wildman–Crippen MR) is 78.0 cm³/mol. The van der Waals surface area contributed by atoms with Crippen molar-refractivity contribution in [1.29, 1.82) is 0 Å². The topological polar surface area (TPSA) is 27.7 Å². The van der Waals surface area contributed by atoms with Crippen LogP contribution in [0.15, 0.2) is 47.4 Å². The first-order valence-corrected chi connectivity index (χ1v) is 7.67. The van der Waals surface area contributed by atoms with Gasteiger partial charge in [-0.3, -0.25) is 0 Å². The Labute approximate surface area is 121 Å². The van der Waals surface area contributed by atoms with Gasteiger partial charge in [0.15, 0.2) is 17.6 Å². The average Bonchev–Trinajstić information content (AvgIpc) is 2.54. The molecule has 0 amide bonds. The molecule has 3 nitrogen and oxygen atoms in total. The Morgan fingerprint density at radius 1 is 0.950 bits per heavy atom. The molecule has 0 bridgehead atoms. The predicted octanol–water partition coefficient (Wildman–Crippen LogP) is 3.68. The molecule has 4 heteroatoms. The molecule has 2 aromatic rings. The number of hydrogen-bond donors (Lipinski definition) is 0. The monoisotopic (exact) mass is 286 g/mol. The van der Waals surface area contributed by atoms with Crippen molar-refractivity contribution in [3.05, 3.63) is 48.0 Å². The van der Waals surface area contributed by atoms with E-state index in [4.69, 9.17) is 14.2 Å². The van der Waals surface area contributed by atoms with Crippen molar-refractivity contribution in [3.8, 4) is 17.2 Å². The zero-order valence-electron chi connectivity index (χ0n) is 10.9. The summed E-state index contributed by atoms with van der Waals surface area (Å²) in [5.74, 6) is 3.59. The van der Waals surface area contributed by atoms with Crippen LogP contribution in [0.25, 0.3) is 0 Å². The van der Waals surface area contributed by atoms with Crippen LogP contribution >= 0.6 is 11.8 Å². The van der Waals surface area contributed by atoms with E-state index in [1.165, 1.54) is 4.90 Å². The highest BCUT2D eigenvalue weighted by Gasteiger charge is 2.23. The average molecular weight is 286 g/mol. The van der Waals surface area contributed by atoms with E-state index < -0.39 is 0 Å². The summed E-state index contributed by atoms with van der Waals surface area (Å²) in [6.45, 7) is 1.30.